The number of rotatable bonds is 6. The molecule has 0 radical (unpaired) electrons. The number of amides is 2. The molecule has 0 aliphatic rings. The van der Waals surface area contributed by atoms with Gasteiger partial charge in [0.05, 0.1) is 6.04 Å². The van der Waals surface area contributed by atoms with Gasteiger partial charge >= 0.3 is 6.03 Å². The number of hydrogen-bond acceptors (Lipinski definition) is 3. The minimum absolute atomic E-state index is 0.108. The number of nitrogens with one attached hydrogen (secondary N) is 2. The van der Waals surface area contributed by atoms with Gasteiger partial charge in [-0.2, -0.15) is 0 Å². The van der Waals surface area contributed by atoms with Crippen LogP contribution in [0, 0.1) is 0 Å². The Morgan fingerprint density at radius 3 is 2.52 bits per heavy atom. The topological polar surface area (TPSA) is 74.2 Å². The molecule has 0 saturated heterocycles. The lowest BCUT2D eigenvalue weighted by Gasteiger charge is -2.19. The number of aliphatic hydroxyl groups is 1. The fourth-order valence-corrected chi connectivity index (χ4v) is 2.06. The van der Waals surface area contributed by atoms with E-state index >= 15 is 0 Å². The highest BCUT2D eigenvalue weighted by atomic mass is 16.3. The molecule has 0 fully saturated rings. The first kappa shape index (κ1) is 15.0. The number of urea groups is 1. The average Bonchev–Trinajstić information content (AvgIpc) is 2.53. The molecule has 1 aromatic heterocycles. The fourth-order valence-electron chi connectivity index (χ4n) is 2.06. The van der Waals surface area contributed by atoms with Gasteiger partial charge in [-0.15, -0.1) is 0 Å². The monoisotopic (exact) mass is 285 g/mol. The molecule has 1 heterocycles. The Hall–Kier alpha value is -2.40. The molecule has 0 aliphatic carbocycles. The number of nitrogens with zero attached hydrogens (tertiary/aromatic N) is 1. The van der Waals surface area contributed by atoms with Crippen LogP contribution in [0.25, 0.3) is 0 Å². The molecule has 0 bridgehead atoms. The lowest BCUT2D eigenvalue weighted by atomic mass is 10.0. The molecule has 2 rings (SSSR count). The van der Waals surface area contributed by atoms with Gasteiger partial charge in [0.25, 0.3) is 0 Å². The predicted molar refractivity (Wildman–Crippen MR) is 81.9 cm³/mol. The van der Waals surface area contributed by atoms with Gasteiger partial charge in [-0.1, -0.05) is 30.3 Å². The summed E-state index contributed by atoms with van der Waals surface area (Å²) in [4.78, 5) is 16.0. The number of benzene rings is 1. The molecule has 2 aromatic rings. The van der Waals surface area contributed by atoms with Crippen LogP contribution in [0.3, 0.4) is 0 Å². The molecule has 21 heavy (non-hydrogen) atoms. The van der Waals surface area contributed by atoms with Crippen LogP contribution in [0.2, 0.25) is 0 Å². The highest BCUT2D eigenvalue weighted by Gasteiger charge is 2.14. The Bertz CT molecular complexity index is 546. The highest BCUT2D eigenvalue weighted by Crippen LogP contribution is 2.18. The summed E-state index contributed by atoms with van der Waals surface area (Å²) in [6.07, 6.45) is 4.56. The lowest BCUT2D eigenvalue weighted by Crippen LogP contribution is -2.32. The van der Waals surface area contributed by atoms with Gasteiger partial charge in [0, 0.05) is 24.7 Å². The van der Waals surface area contributed by atoms with Crippen LogP contribution < -0.4 is 10.6 Å². The summed E-state index contributed by atoms with van der Waals surface area (Å²) in [5, 5.41) is 14.7. The summed E-state index contributed by atoms with van der Waals surface area (Å²) in [5.41, 5.74) is 1.72. The standard InChI is InChI=1S/C16H19N3O2/c20-12-4-7-15(13-5-2-1-3-6-13)19-16(21)18-14-8-10-17-11-9-14/h1-3,5-6,8-11,15,20H,4,7,12H2,(H2,17,18,19,21)/t15-/m0/s1. The van der Waals surface area contributed by atoms with E-state index in [9.17, 15) is 4.79 Å². The molecule has 2 amide bonds. The van der Waals surface area contributed by atoms with Crippen LogP contribution in [0.5, 0.6) is 0 Å². The Labute approximate surface area is 124 Å². The zero-order valence-corrected chi connectivity index (χ0v) is 11.7. The lowest BCUT2D eigenvalue weighted by molar-refractivity contribution is 0.244. The van der Waals surface area contributed by atoms with E-state index in [0.29, 0.717) is 18.5 Å². The Morgan fingerprint density at radius 1 is 1.14 bits per heavy atom. The summed E-state index contributed by atoms with van der Waals surface area (Å²) in [7, 11) is 0. The van der Waals surface area contributed by atoms with Crippen molar-refractivity contribution in [3.8, 4) is 0 Å². The number of aliphatic hydroxyl groups excluding tert-OH is 1. The van der Waals surface area contributed by atoms with Crippen LogP contribution in [0.1, 0.15) is 24.4 Å². The molecule has 5 heteroatoms. The second-order valence-electron chi connectivity index (χ2n) is 4.66. The predicted octanol–water partition coefficient (Wildman–Crippen LogP) is 2.72. The summed E-state index contributed by atoms with van der Waals surface area (Å²) in [6, 6.07) is 12.8. The minimum atomic E-state index is -0.270. The largest absolute Gasteiger partial charge is 0.396 e. The smallest absolute Gasteiger partial charge is 0.319 e. The van der Waals surface area contributed by atoms with Gasteiger partial charge in [0.2, 0.25) is 0 Å². The van der Waals surface area contributed by atoms with E-state index in [2.05, 4.69) is 15.6 Å². The van der Waals surface area contributed by atoms with E-state index in [-0.39, 0.29) is 18.7 Å². The third-order valence-electron chi connectivity index (χ3n) is 3.10. The maximum Gasteiger partial charge on any atom is 0.319 e. The number of carbonyl (C=O) groups excluding carboxylic acids is 1. The zero-order valence-electron chi connectivity index (χ0n) is 11.7. The first-order chi connectivity index (χ1) is 10.3. The van der Waals surface area contributed by atoms with Crippen molar-refractivity contribution in [3.63, 3.8) is 0 Å². The Kier molecular flexibility index (Phi) is 5.72. The fraction of sp³-hybridized carbons (Fsp3) is 0.250. The molecule has 0 spiro atoms. The van der Waals surface area contributed by atoms with E-state index in [1.807, 2.05) is 30.3 Å². The van der Waals surface area contributed by atoms with Gasteiger partial charge in [0.1, 0.15) is 0 Å². The molecule has 5 nitrogen and oxygen atoms in total. The van der Waals surface area contributed by atoms with E-state index < -0.39 is 0 Å². The molecule has 0 unspecified atom stereocenters. The van der Waals surface area contributed by atoms with E-state index in [1.54, 1.807) is 24.5 Å². The van der Waals surface area contributed by atoms with Gasteiger partial charge < -0.3 is 15.7 Å². The molecule has 0 aliphatic heterocycles. The Balaban J connectivity index is 1.99. The SMILES string of the molecule is O=C(Nc1ccncc1)N[C@@H](CCCO)c1ccccc1. The quantitative estimate of drug-likeness (QED) is 0.764. The minimum Gasteiger partial charge on any atom is -0.396 e. The average molecular weight is 285 g/mol. The van der Waals surface area contributed by atoms with Crippen molar-refractivity contribution in [1.29, 1.82) is 0 Å². The molecule has 3 N–H and O–H groups in total. The molecular formula is C16H19N3O2. The van der Waals surface area contributed by atoms with Crippen molar-refractivity contribution in [2.45, 2.75) is 18.9 Å². The van der Waals surface area contributed by atoms with Crippen molar-refractivity contribution < 1.29 is 9.90 Å². The maximum atomic E-state index is 12.1. The number of aromatic nitrogens is 1. The first-order valence-electron chi connectivity index (χ1n) is 6.93. The van der Waals surface area contributed by atoms with Crippen molar-refractivity contribution in [2.24, 2.45) is 0 Å². The van der Waals surface area contributed by atoms with Gasteiger partial charge in [0.15, 0.2) is 0 Å². The Morgan fingerprint density at radius 2 is 1.86 bits per heavy atom. The normalized spacial score (nSPS) is 11.7. The summed E-state index contributed by atoms with van der Waals surface area (Å²) in [5.74, 6) is 0. The van der Waals surface area contributed by atoms with Crippen molar-refractivity contribution in [3.05, 3.63) is 60.4 Å². The van der Waals surface area contributed by atoms with E-state index in [4.69, 9.17) is 5.11 Å². The second-order valence-corrected chi connectivity index (χ2v) is 4.66. The highest BCUT2D eigenvalue weighted by molar-refractivity contribution is 5.89. The molecule has 0 saturated carbocycles. The summed E-state index contributed by atoms with van der Waals surface area (Å²) in [6.45, 7) is 0.108. The number of hydrogen-bond donors (Lipinski definition) is 3. The first-order valence-corrected chi connectivity index (χ1v) is 6.93. The van der Waals surface area contributed by atoms with Crippen LogP contribution in [-0.2, 0) is 0 Å². The second kappa shape index (κ2) is 8.01. The summed E-state index contributed by atoms with van der Waals surface area (Å²) < 4.78 is 0. The third kappa shape index (κ3) is 4.89. The number of anilines is 1. The van der Waals surface area contributed by atoms with Crippen molar-refractivity contribution in [2.75, 3.05) is 11.9 Å². The van der Waals surface area contributed by atoms with Crippen molar-refractivity contribution in [1.82, 2.24) is 10.3 Å². The van der Waals surface area contributed by atoms with E-state index in [0.717, 1.165) is 5.56 Å². The van der Waals surface area contributed by atoms with Crippen molar-refractivity contribution >= 4 is 11.7 Å². The molecule has 110 valence electrons. The molecular weight excluding hydrogens is 266 g/mol. The van der Waals surface area contributed by atoms with Crippen LogP contribution in [-0.4, -0.2) is 22.7 Å². The summed E-state index contributed by atoms with van der Waals surface area (Å²) >= 11 is 0. The number of pyridine rings is 1. The zero-order chi connectivity index (χ0) is 14.9. The van der Waals surface area contributed by atoms with Gasteiger partial charge in [-0.05, 0) is 30.5 Å². The molecule has 1 aromatic carbocycles. The van der Waals surface area contributed by atoms with E-state index in [1.165, 1.54) is 0 Å². The van der Waals surface area contributed by atoms with Crippen LogP contribution in [0.4, 0.5) is 10.5 Å². The molecule has 1 atom stereocenters. The number of carbonyl (C=O) groups is 1. The third-order valence-corrected chi connectivity index (χ3v) is 3.10. The van der Waals surface area contributed by atoms with Crippen LogP contribution in [0.15, 0.2) is 54.9 Å². The van der Waals surface area contributed by atoms with Gasteiger partial charge in [-0.3, -0.25) is 4.98 Å². The van der Waals surface area contributed by atoms with Gasteiger partial charge in [-0.25, -0.2) is 4.79 Å². The maximum absolute atomic E-state index is 12.1. The van der Waals surface area contributed by atoms with Crippen LogP contribution >= 0.6 is 0 Å².